The van der Waals surface area contributed by atoms with Crippen molar-refractivity contribution in [2.45, 2.75) is 25.7 Å². The molecule has 2 rings (SSSR count). The normalized spacial score (nSPS) is 22.2. The van der Waals surface area contributed by atoms with Crippen molar-refractivity contribution in [3.05, 3.63) is 16.6 Å². The number of thiazole rings is 1. The molecule has 0 radical (unpaired) electrons. The standard InChI is InChI=1S/C14H20N2O4S/c1-20-7-3-5-14(13(18)19)4-2-6-16(9-14)12(17)11-8-21-10-15-11/h8,10H,2-7,9H2,1H3,(H,18,19). The molecule has 1 aliphatic heterocycles. The van der Waals surface area contributed by atoms with Gasteiger partial charge in [-0.25, -0.2) is 4.98 Å². The summed E-state index contributed by atoms with van der Waals surface area (Å²) in [6, 6.07) is 0. The van der Waals surface area contributed by atoms with E-state index in [9.17, 15) is 14.7 Å². The van der Waals surface area contributed by atoms with E-state index in [0.29, 0.717) is 44.5 Å². The number of nitrogens with zero attached hydrogens (tertiary/aromatic N) is 2. The zero-order valence-electron chi connectivity index (χ0n) is 12.1. The van der Waals surface area contributed by atoms with Crippen LogP contribution in [0.4, 0.5) is 0 Å². The average Bonchev–Trinajstić information content (AvgIpc) is 3.01. The Morgan fingerprint density at radius 2 is 2.38 bits per heavy atom. The summed E-state index contributed by atoms with van der Waals surface area (Å²) in [5, 5.41) is 11.3. The first-order valence-electron chi connectivity index (χ1n) is 6.99. The topological polar surface area (TPSA) is 79.7 Å². The summed E-state index contributed by atoms with van der Waals surface area (Å²) in [5.74, 6) is -0.998. The van der Waals surface area contributed by atoms with Crippen LogP contribution in [0.25, 0.3) is 0 Å². The molecular formula is C14H20N2O4S. The van der Waals surface area contributed by atoms with Crippen LogP contribution in [0.5, 0.6) is 0 Å². The van der Waals surface area contributed by atoms with Crippen LogP contribution in [0.2, 0.25) is 0 Å². The summed E-state index contributed by atoms with van der Waals surface area (Å²) in [6.07, 6.45) is 2.51. The Hall–Kier alpha value is -1.47. The number of methoxy groups -OCH3 is 1. The monoisotopic (exact) mass is 312 g/mol. The van der Waals surface area contributed by atoms with Gasteiger partial charge in [0.2, 0.25) is 0 Å². The number of ether oxygens (including phenoxy) is 1. The number of carbonyl (C=O) groups is 2. The fourth-order valence-electron chi connectivity index (χ4n) is 2.83. The number of aromatic nitrogens is 1. The predicted molar refractivity (Wildman–Crippen MR) is 78.4 cm³/mol. The number of carboxylic acids is 1. The highest BCUT2D eigenvalue weighted by Gasteiger charge is 2.43. The Morgan fingerprint density at radius 3 is 3.00 bits per heavy atom. The molecule has 6 nitrogen and oxygen atoms in total. The lowest BCUT2D eigenvalue weighted by Crippen LogP contribution is -2.50. The molecule has 7 heteroatoms. The number of piperidine rings is 1. The van der Waals surface area contributed by atoms with Crippen molar-refractivity contribution in [3.63, 3.8) is 0 Å². The van der Waals surface area contributed by atoms with Crippen LogP contribution in [0.15, 0.2) is 10.9 Å². The summed E-state index contributed by atoms with van der Waals surface area (Å²) in [7, 11) is 1.60. The van der Waals surface area contributed by atoms with Gasteiger partial charge in [-0.1, -0.05) is 0 Å². The van der Waals surface area contributed by atoms with Crippen LogP contribution in [-0.4, -0.2) is 53.7 Å². The number of carbonyl (C=O) groups excluding carboxylic acids is 1. The van der Waals surface area contributed by atoms with E-state index in [1.165, 1.54) is 11.3 Å². The van der Waals surface area contributed by atoms with E-state index in [2.05, 4.69) is 4.98 Å². The Kier molecular flexibility index (Phi) is 5.30. The molecular weight excluding hydrogens is 292 g/mol. The molecule has 0 aromatic carbocycles. The summed E-state index contributed by atoms with van der Waals surface area (Å²) in [6.45, 7) is 1.38. The lowest BCUT2D eigenvalue weighted by atomic mass is 9.76. The zero-order valence-corrected chi connectivity index (χ0v) is 12.9. The highest BCUT2D eigenvalue weighted by atomic mass is 32.1. The van der Waals surface area contributed by atoms with Gasteiger partial charge in [0.25, 0.3) is 5.91 Å². The summed E-state index contributed by atoms with van der Waals surface area (Å²) < 4.78 is 5.01. The van der Waals surface area contributed by atoms with Gasteiger partial charge in [0, 0.05) is 32.2 Å². The Balaban J connectivity index is 2.09. The van der Waals surface area contributed by atoms with E-state index >= 15 is 0 Å². The van der Waals surface area contributed by atoms with Crippen LogP contribution in [0, 0.1) is 5.41 Å². The van der Waals surface area contributed by atoms with Gasteiger partial charge in [0.1, 0.15) is 5.69 Å². The van der Waals surface area contributed by atoms with Gasteiger partial charge in [-0.05, 0) is 25.7 Å². The quantitative estimate of drug-likeness (QED) is 0.811. The third kappa shape index (κ3) is 3.59. The number of likely N-dealkylation sites (tertiary alicyclic amines) is 1. The molecule has 116 valence electrons. The molecule has 1 atom stereocenters. The molecule has 1 fully saturated rings. The minimum atomic E-state index is -0.859. The minimum absolute atomic E-state index is 0.173. The largest absolute Gasteiger partial charge is 0.481 e. The maximum atomic E-state index is 12.4. The number of hydrogen-bond acceptors (Lipinski definition) is 5. The van der Waals surface area contributed by atoms with Gasteiger partial charge in [-0.15, -0.1) is 11.3 Å². The fourth-order valence-corrected chi connectivity index (χ4v) is 3.35. The number of amides is 1. The lowest BCUT2D eigenvalue weighted by molar-refractivity contribution is -0.152. The maximum Gasteiger partial charge on any atom is 0.311 e. The average molecular weight is 312 g/mol. The van der Waals surface area contributed by atoms with Crippen LogP contribution < -0.4 is 0 Å². The number of rotatable bonds is 6. The van der Waals surface area contributed by atoms with Gasteiger partial charge in [0.05, 0.1) is 10.9 Å². The molecule has 0 saturated carbocycles. The van der Waals surface area contributed by atoms with Crippen molar-refractivity contribution >= 4 is 23.2 Å². The van der Waals surface area contributed by atoms with Gasteiger partial charge in [-0.2, -0.15) is 0 Å². The second-order valence-electron chi connectivity index (χ2n) is 5.39. The molecule has 1 aromatic heterocycles. The molecule has 1 aliphatic rings. The predicted octanol–water partition coefficient (Wildman–Crippen LogP) is 1.88. The smallest absolute Gasteiger partial charge is 0.311 e. The van der Waals surface area contributed by atoms with Gasteiger partial charge < -0.3 is 14.7 Å². The highest BCUT2D eigenvalue weighted by molar-refractivity contribution is 7.07. The van der Waals surface area contributed by atoms with E-state index < -0.39 is 11.4 Å². The molecule has 21 heavy (non-hydrogen) atoms. The van der Waals surface area contributed by atoms with E-state index in [1.54, 1.807) is 22.9 Å². The molecule has 1 unspecified atom stereocenters. The molecule has 2 heterocycles. The fraction of sp³-hybridized carbons (Fsp3) is 0.643. The van der Waals surface area contributed by atoms with Crippen molar-refractivity contribution in [2.75, 3.05) is 26.8 Å². The number of carboxylic acid groups (broad SMARTS) is 1. The van der Waals surface area contributed by atoms with Crippen LogP contribution in [0.1, 0.15) is 36.2 Å². The Morgan fingerprint density at radius 1 is 1.57 bits per heavy atom. The zero-order chi connectivity index (χ0) is 15.3. The van der Waals surface area contributed by atoms with Crippen molar-refractivity contribution in [2.24, 2.45) is 5.41 Å². The van der Waals surface area contributed by atoms with Gasteiger partial charge >= 0.3 is 5.97 Å². The highest BCUT2D eigenvalue weighted by Crippen LogP contribution is 2.35. The van der Waals surface area contributed by atoms with E-state index in [1.807, 2.05) is 0 Å². The first kappa shape index (κ1) is 15.9. The van der Waals surface area contributed by atoms with Crippen molar-refractivity contribution < 1.29 is 19.4 Å². The lowest BCUT2D eigenvalue weighted by Gasteiger charge is -2.39. The van der Waals surface area contributed by atoms with E-state index in [4.69, 9.17) is 4.74 Å². The van der Waals surface area contributed by atoms with Crippen molar-refractivity contribution in [1.82, 2.24) is 9.88 Å². The minimum Gasteiger partial charge on any atom is -0.481 e. The molecule has 0 spiro atoms. The maximum absolute atomic E-state index is 12.4. The number of hydrogen-bond donors (Lipinski definition) is 1. The third-order valence-corrected chi connectivity index (χ3v) is 4.56. The molecule has 1 N–H and O–H groups in total. The Labute approximate surface area is 127 Å². The summed E-state index contributed by atoms with van der Waals surface area (Å²) >= 11 is 1.36. The van der Waals surface area contributed by atoms with Crippen LogP contribution in [0.3, 0.4) is 0 Å². The first-order valence-corrected chi connectivity index (χ1v) is 7.93. The molecule has 1 amide bonds. The molecule has 1 saturated heterocycles. The SMILES string of the molecule is COCCCC1(C(=O)O)CCCN(C(=O)c2cscn2)C1. The molecule has 1 aromatic rings. The number of aliphatic carboxylic acids is 1. The van der Waals surface area contributed by atoms with Crippen molar-refractivity contribution in [3.8, 4) is 0 Å². The Bertz CT molecular complexity index is 491. The molecule has 0 bridgehead atoms. The van der Waals surface area contributed by atoms with Gasteiger partial charge in [0.15, 0.2) is 0 Å². The second kappa shape index (κ2) is 7.00. The first-order chi connectivity index (χ1) is 10.1. The van der Waals surface area contributed by atoms with Crippen LogP contribution >= 0.6 is 11.3 Å². The molecule has 0 aliphatic carbocycles. The van der Waals surface area contributed by atoms with Crippen LogP contribution in [-0.2, 0) is 9.53 Å². The summed E-state index contributed by atoms with van der Waals surface area (Å²) in [4.78, 5) is 29.7. The van der Waals surface area contributed by atoms with Crippen molar-refractivity contribution in [1.29, 1.82) is 0 Å². The van der Waals surface area contributed by atoms with Gasteiger partial charge in [-0.3, -0.25) is 9.59 Å². The second-order valence-corrected chi connectivity index (χ2v) is 6.10. The third-order valence-electron chi connectivity index (χ3n) is 3.97. The van der Waals surface area contributed by atoms with E-state index in [0.717, 1.165) is 0 Å². The van der Waals surface area contributed by atoms with E-state index in [-0.39, 0.29) is 12.5 Å². The summed E-state index contributed by atoms with van der Waals surface area (Å²) in [5.41, 5.74) is 1.15.